The lowest BCUT2D eigenvalue weighted by Gasteiger charge is -2.17. The van der Waals surface area contributed by atoms with Crippen LogP contribution in [0.4, 0.5) is 0 Å². The van der Waals surface area contributed by atoms with Crippen molar-refractivity contribution in [2.75, 3.05) is 0 Å². The molecule has 0 aliphatic heterocycles. The minimum atomic E-state index is -0.367. The molecule has 0 aliphatic carbocycles. The SMILES string of the molecule is CC(C)(C)C(=O)NCc1cnnnc1. The van der Waals surface area contributed by atoms with Gasteiger partial charge in [-0.25, -0.2) is 0 Å². The van der Waals surface area contributed by atoms with Crippen LogP contribution in [0.25, 0.3) is 0 Å². The number of hydrogen-bond acceptors (Lipinski definition) is 4. The molecule has 14 heavy (non-hydrogen) atoms. The van der Waals surface area contributed by atoms with Crippen molar-refractivity contribution in [2.24, 2.45) is 5.41 Å². The Hall–Kier alpha value is -1.52. The molecule has 76 valence electrons. The first-order chi connectivity index (χ1) is 6.50. The van der Waals surface area contributed by atoms with E-state index in [1.165, 1.54) is 0 Å². The minimum Gasteiger partial charge on any atom is -0.351 e. The second kappa shape index (κ2) is 4.13. The Bertz CT molecular complexity index is 304. The van der Waals surface area contributed by atoms with Crippen molar-refractivity contribution in [2.45, 2.75) is 27.3 Å². The van der Waals surface area contributed by atoms with Crippen LogP contribution in [-0.4, -0.2) is 21.3 Å². The molecule has 1 N–H and O–H groups in total. The van der Waals surface area contributed by atoms with Gasteiger partial charge in [0.25, 0.3) is 0 Å². The summed E-state index contributed by atoms with van der Waals surface area (Å²) in [6.45, 7) is 6.04. The van der Waals surface area contributed by atoms with Crippen LogP contribution in [0, 0.1) is 5.41 Å². The fourth-order valence-corrected chi connectivity index (χ4v) is 0.802. The van der Waals surface area contributed by atoms with E-state index in [2.05, 4.69) is 20.7 Å². The number of aromatic nitrogens is 3. The Labute approximate surface area is 82.9 Å². The van der Waals surface area contributed by atoms with Crippen molar-refractivity contribution in [1.82, 2.24) is 20.7 Å². The van der Waals surface area contributed by atoms with Crippen LogP contribution in [0.1, 0.15) is 26.3 Å². The summed E-state index contributed by atoms with van der Waals surface area (Å²) in [4.78, 5) is 11.5. The zero-order valence-electron chi connectivity index (χ0n) is 8.61. The smallest absolute Gasteiger partial charge is 0.225 e. The quantitative estimate of drug-likeness (QED) is 0.745. The summed E-state index contributed by atoms with van der Waals surface area (Å²) in [6, 6.07) is 0. The molecule has 1 amide bonds. The van der Waals surface area contributed by atoms with Gasteiger partial charge < -0.3 is 5.32 Å². The molecule has 5 nitrogen and oxygen atoms in total. The highest BCUT2D eigenvalue weighted by Gasteiger charge is 2.20. The van der Waals surface area contributed by atoms with Crippen LogP contribution in [0.15, 0.2) is 12.4 Å². The molecule has 0 spiro atoms. The van der Waals surface area contributed by atoms with Gasteiger partial charge in [0.1, 0.15) is 0 Å². The van der Waals surface area contributed by atoms with Gasteiger partial charge in [-0.1, -0.05) is 20.8 Å². The normalized spacial score (nSPS) is 11.1. The average molecular weight is 194 g/mol. The Kier molecular flexibility index (Phi) is 3.11. The van der Waals surface area contributed by atoms with E-state index in [1.807, 2.05) is 20.8 Å². The van der Waals surface area contributed by atoms with Gasteiger partial charge in [-0.2, -0.15) is 0 Å². The minimum absolute atomic E-state index is 0.00862. The van der Waals surface area contributed by atoms with Gasteiger partial charge in [0, 0.05) is 17.5 Å². The molecule has 0 aliphatic rings. The number of nitrogens with zero attached hydrogens (tertiary/aromatic N) is 3. The highest BCUT2D eigenvalue weighted by molar-refractivity contribution is 5.81. The van der Waals surface area contributed by atoms with Crippen molar-refractivity contribution in [3.05, 3.63) is 18.0 Å². The molecule has 1 aromatic heterocycles. The van der Waals surface area contributed by atoms with Gasteiger partial charge in [0.2, 0.25) is 5.91 Å². The van der Waals surface area contributed by atoms with E-state index in [9.17, 15) is 4.79 Å². The Morgan fingerprint density at radius 1 is 1.36 bits per heavy atom. The molecular weight excluding hydrogens is 180 g/mol. The predicted octanol–water partition coefficient (Wildman–Crippen LogP) is 0.534. The van der Waals surface area contributed by atoms with Crippen molar-refractivity contribution in [1.29, 1.82) is 0 Å². The van der Waals surface area contributed by atoms with Crippen LogP contribution in [0.2, 0.25) is 0 Å². The van der Waals surface area contributed by atoms with Gasteiger partial charge in [-0.05, 0) is 5.21 Å². The standard InChI is InChI=1S/C9H14N4O/c1-9(2,3)8(14)10-4-7-5-11-13-12-6-7/h5-6H,4H2,1-3H3,(H,10,14). The largest absolute Gasteiger partial charge is 0.351 e. The number of nitrogens with one attached hydrogen (secondary N) is 1. The van der Waals surface area contributed by atoms with Gasteiger partial charge in [-0.3, -0.25) is 4.79 Å². The van der Waals surface area contributed by atoms with E-state index >= 15 is 0 Å². The van der Waals surface area contributed by atoms with Gasteiger partial charge in [0.05, 0.1) is 12.4 Å². The fraction of sp³-hybridized carbons (Fsp3) is 0.556. The lowest BCUT2D eigenvalue weighted by molar-refractivity contribution is -0.128. The first-order valence-electron chi connectivity index (χ1n) is 4.40. The summed E-state index contributed by atoms with van der Waals surface area (Å²) >= 11 is 0. The topological polar surface area (TPSA) is 67.8 Å². The Morgan fingerprint density at radius 3 is 2.43 bits per heavy atom. The second-order valence-electron chi connectivity index (χ2n) is 4.09. The summed E-state index contributed by atoms with van der Waals surface area (Å²) in [5.41, 5.74) is 0.478. The lowest BCUT2D eigenvalue weighted by atomic mass is 9.96. The fourth-order valence-electron chi connectivity index (χ4n) is 0.802. The summed E-state index contributed by atoms with van der Waals surface area (Å²) < 4.78 is 0. The summed E-state index contributed by atoms with van der Waals surface area (Å²) in [7, 11) is 0. The maximum absolute atomic E-state index is 11.5. The Balaban J connectivity index is 2.46. The van der Waals surface area contributed by atoms with E-state index in [1.54, 1.807) is 12.4 Å². The van der Waals surface area contributed by atoms with Crippen molar-refractivity contribution >= 4 is 5.91 Å². The molecule has 0 fully saturated rings. The number of hydrogen-bond donors (Lipinski definition) is 1. The van der Waals surface area contributed by atoms with E-state index < -0.39 is 0 Å². The van der Waals surface area contributed by atoms with Crippen LogP contribution in [0.5, 0.6) is 0 Å². The van der Waals surface area contributed by atoms with E-state index in [4.69, 9.17) is 0 Å². The van der Waals surface area contributed by atoms with Crippen LogP contribution in [0.3, 0.4) is 0 Å². The molecule has 0 bridgehead atoms. The van der Waals surface area contributed by atoms with Crippen LogP contribution >= 0.6 is 0 Å². The van der Waals surface area contributed by atoms with Crippen molar-refractivity contribution in [3.63, 3.8) is 0 Å². The van der Waals surface area contributed by atoms with Crippen LogP contribution < -0.4 is 5.32 Å². The molecule has 0 saturated heterocycles. The number of carbonyl (C=O) groups excluding carboxylic acids is 1. The molecule has 0 saturated carbocycles. The van der Waals surface area contributed by atoms with Crippen molar-refractivity contribution in [3.8, 4) is 0 Å². The maximum Gasteiger partial charge on any atom is 0.225 e. The average Bonchev–Trinajstić information content (AvgIpc) is 2.14. The third-order valence-corrected chi connectivity index (χ3v) is 1.68. The molecule has 5 heteroatoms. The molecule has 0 atom stereocenters. The molecule has 1 rings (SSSR count). The maximum atomic E-state index is 11.5. The van der Waals surface area contributed by atoms with E-state index in [0.29, 0.717) is 6.54 Å². The zero-order chi connectivity index (χ0) is 10.6. The number of rotatable bonds is 2. The molecule has 0 unspecified atom stereocenters. The summed E-state index contributed by atoms with van der Waals surface area (Å²) in [6.07, 6.45) is 3.16. The highest BCUT2D eigenvalue weighted by Crippen LogP contribution is 2.12. The molecule has 0 radical (unpaired) electrons. The molecule has 1 heterocycles. The first kappa shape index (κ1) is 10.6. The molecular formula is C9H14N4O. The number of amides is 1. The summed E-state index contributed by atoms with van der Waals surface area (Å²) in [5.74, 6) is 0.00862. The Morgan fingerprint density at radius 2 is 1.93 bits per heavy atom. The van der Waals surface area contributed by atoms with Crippen molar-refractivity contribution < 1.29 is 4.79 Å². The molecule has 1 aromatic rings. The van der Waals surface area contributed by atoms with E-state index in [0.717, 1.165) is 5.56 Å². The monoisotopic (exact) mass is 194 g/mol. The number of carbonyl (C=O) groups is 1. The van der Waals surface area contributed by atoms with Gasteiger partial charge in [-0.15, -0.1) is 10.2 Å². The third kappa shape index (κ3) is 3.08. The zero-order valence-corrected chi connectivity index (χ0v) is 8.61. The van der Waals surface area contributed by atoms with E-state index in [-0.39, 0.29) is 11.3 Å². The summed E-state index contributed by atoms with van der Waals surface area (Å²) in [5, 5.41) is 13.4. The lowest BCUT2D eigenvalue weighted by Crippen LogP contribution is -2.34. The highest BCUT2D eigenvalue weighted by atomic mass is 16.2. The first-order valence-corrected chi connectivity index (χ1v) is 4.40. The second-order valence-corrected chi connectivity index (χ2v) is 4.09. The third-order valence-electron chi connectivity index (χ3n) is 1.68. The van der Waals surface area contributed by atoms with Crippen LogP contribution in [-0.2, 0) is 11.3 Å². The predicted molar refractivity (Wildman–Crippen MR) is 51.1 cm³/mol. The van der Waals surface area contributed by atoms with Gasteiger partial charge in [0.15, 0.2) is 0 Å². The van der Waals surface area contributed by atoms with Gasteiger partial charge >= 0.3 is 0 Å². The molecule has 0 aromatic carbocycles.